The first kappa shape index (κ1) is 12.6. The van der Waals surface area contributed by atoms with Crippen molar-refractivity contribution < 1.29 is 23.1 Å². The van der Waals surface area contributed by atoms with Gasteiger partial charge >= 0.3 is 5.97 Å². The van der Waals surface area contributed by atoms with Crippen LogP contribution in [0, 0.1) is 5.82 Å². The van der Waals surface area contributed by atoms with Gasteiger partial charge in [0.2, 0.25) is 0 Å². The lowest BCUT2D eigenvalue weighted by Gasteiger charge is -2.01. The van der Waals surface area contributed by atoms with Gasteiger partial charge in [-0.2, -0.15) is 0 Å². The van der Waals surface area contributed by atoms with Gasteiger partial charge in [-0.25, -0.2) is 18.0 Å². The Labute approximate surface area is 104 Å². The predicted molar refractivity (Wildman–Crippen MR) is 61.6 cm³/mol. The van der Waals surface area contributed by atoms with Crippen LogP contribution in [0.25, 0.3) is 11.1 Å². The lowest BCUT2D eigenvalue weighted by atomic mass is 10.1. The Morgan fingerprint density at radius 1 is 1.22 bits per heavy atom. The molecule has 0 fully saturated rings. The minimum atomic E-state index is -2.56. The van der Waals surface area contributed by atoms with E-state index in [4.69, 9.17) is 5.11 Å². The zero-order valence-corrected chi connectivity index (χ0v) is 9.68. The summed E-state index contributed by atoms with van der Waals surface area (Å²) in [6.45, 7) is 0. The summed E-state index contributed by atoms with van der Waals surface area (Å²) in [5.74, 6) is -2.25. The highest BCUT2D eigenvalue weighted by molar-refractivity contribution is 7.10. The fraction of sp³-hybridized carbons (Fsp3) is 0.0833. The molecule has 6 heteroatoms. The fourth-order valence-electron chi connectivity index (χ4n) is 1.49. The van der Waals surface area contributed by atoms with Crippen molar-refractivity contribution in [3.8, 4) is 11.1 Å². The molecule has 0 aliphatic heterocycles. The molecule has 0 spiro atoms. The number of alkyl halides is 2. The van der Waals surface area contributed by atoms with E-state index in [1.807, 2.05) is 0 Å². The Morgan fingerprint density at radius 3 is 2.44 bits per heavy atom. The van der Waals surface area contributed by atoms with Gasteiger partial charge in [0.1, 0.15) is 5.82 Å². The molecule has 0 unspecified atom stereocenters. The maximum Gasteiger partial charge on any atom is 0.338 e. The lowest BCUT2D eigenvalue weighted by molar-refractivity contribution is 0.0692. The highest BCUT2D eigenvalue weighted by Crippen LogP contribution is 2.32. The Bertz CT molecular complexity index is 593. The van der Waals surface area contributed by atoms with Crippen LogP contribution >= 0.6 is 11.3 Å². The highest BCUT2D eigenvalue weighted by Gasteiger charge is 2.14. The molecule has 0 amide bonds. The van der Waals surface area contributed by atoms with E-state index in [0.717, 1.165) is 23.5 Å². The molecule has 2 rings (SSSR count). The highest BCUT2D eigenvalue weighted by atomic mass is 32.1. The summed E-state index contributed by atoms with van der Waals surface area (Å²) in [6, 6.07) is 4.81. The molecule has 94 valence electrons. The Hall–Kier alpha value is -1.82. The van der Waals surface area contributed by atoms with Crippen molar-refractivity contribution in [3.05, 3.63) is 45.9 Å². The summed E-state index contributed by atoms with van der Waals surface area (Å²) >= 11 is 0.880. The molecule has 0 bridgehead atoms. The first-order valence-electron chi connectivity index (χ1n) is 4.89. The van der Waals surface area contributed by atoms with Crippen molar-refractivity contribution in [1.82, 2.24) is 0 Å². The summed E-state index contributed by atoms with van der Waals surface area (Å²) in [4.78, 5) is 10.5. The van der Waals surface area contributed by atoms with E-state index < -0.39 is 23.8 Å². The zero-order chi connectivity index (χ0) is 13.3. The largest absolute Gasteiger partial charge is 0.478 e. The van der Waals surface area contributed by atoms with E-state index in [9.17, 15) is 18.0 Å². The quantitative estimate of drug-likeness (QED) is 0.909. The minimum absolute atomic E-state index is 0.104. The van der Waals surface area contributed by atoms with Crippen molar-refractivity contribution in [3.63, 3.8) is 0 Å². The molecular formula is C12H7F3O2S. The van der Waals surface area contributed by atoms with Gasteiger partial charge in [-0.1, -0.05) is 6.07 Å². The van der Waals surface area contributed by atoms with E-state index in [2.05, 4.69) is 0 Å². The van der Waals surface area contributed by atoms with Crippen LogP contribution in [0.5, 0.6) is 0 Å². The molecule has 1 N–H and O–H groups in total. The normalized spacial score (nSPS) is 10.9. The van der Waals surface area contributed by atoms with Gasteiger partial charge in [0, 0.05) is 0 Å². The third-order valence-corrected chi connectivity index (χ3v) is 3.31. The lowest BCUT2D eigenvalue weighted by Crippen LogP contribution is -1.99. The molecule has 0 aliphatic rings. The van der Waals surface area contributed by atoms with Crippen LogP contribution in [0.1, 0.15) is 21.7 Å². The van der Waals surface area contributed by atoms with Gasteiger partial charge in [0.15, 0.2) is 0 Å². The summed E-state index contributed by atoms with van der Waals surface area (Å²) < 4.78 is 38.2. The molecular weight excluding hydrogens is 265 g/mol. The molecule has 0 saturated heterocycles. The van der Waals surface area contributed by atoms with Crippen LogP contribution in [0.15, 0.2) is 29.6 Å². The minimum Gasteiger partial charge on any atom is -0.478 e. The van der Waals surface area contributed by atoms with E-state index in [1.54, 1.807) is 0 Å². The maximum absolute atomic E-state index is 13.4. The summed E-state index contributed by atoms with van der Waals surface area (Å²) in [5, 5.41) is 10.1. The number of carboxylic acids is 1. The fourth-order valence-corrected chi connectivity index (χ4v) is 2.25. The van der Waals surface area contributed by atoms with Crippen LogP contribution in [0.4, 0.5) is 13.2 Å². The average Bonchev–Trinajstić information content (AvgIpc) is 2.77. The standard InChI is InChI=1S/C12H7F3O2S/c13-9-3-6(1-2-8(9)12(16)17)7-4-10(11(14)15)18-5-7/h1-5,11H,(H,16,17). The second-order valence-electron chi connectivity index (χ2n) is 3.54. The smallest absolute Gasteiger partial charge is 0.338 e. The summed E-state index contributed by atoms with van der Waals surface area (Å²) in [7, 11) is 0. The van der Waals surface area contributed by atoms with Crippen LogP contribution in [-0.4, -0.2) is 11.1 Å². The van der Waals surface area contributed by atoms with Crippen LogP contribution in [0.3, 0.4) is 0 Å². The van der Waals surface area contributed by atoms with E-state index >= 15 is 0 Å². The van der Waals surface area contributed by atoms with Crippen LogP contribution < -0.4 is 0 Å². The molecule has 1 heterocycles. The van der Waals surface area contributed by atoms with E-state index in [1.165, 1.54) is 17.5 Å². The van der Waals surface area contributed by atoms with Crippen LogP contribution in [-0.2, 0) is 0 Å². The zero-order valence-electron chi connectivity index (χ0n) is 8.86. The summed E-state index contributed by atoms with van der Waals surface area (Å²) in [6.07, 6.45) is -2.56. The summed E-state index contributed by atoms with van der Waals surface area (Å²) in [5.41, 5.74) is 0.384. The molecule has 18 heavy (non-hydrogen) atoms. The monoisotopic (exact) mass is 272 g/mol. The van der Waals surface area contributed by atoms with Gasteiger partial charge < -0.3 is 5.11 Å². The Kier molecular flexibility index (Phi) is 3.38. The second kappa shape index (κ2) is 4.81. The van der Waals surface area contributed by atoms with Crippen molar-refractivity contribution in [2.45, 2.75) is 6.43 Å². The number of aromatic carboxylic acids is 1. The SMILES string of the molecule is O=C(O)c1ccc(-c2csc(C(F)F)c2)cc1F. The third kappa shape index (κ3) is 2.38. The molecule has 0 radical (unpaired) electrons. The number of benzene rings is 1. The molecule has 1 aromatic heterocycles. The number of carbonyl (C=O) groups is 1. The predicted octanol–water partition coefficient (Wildman–Crippen LogP) is 4.19. The van der Waals surface area contributed by atoms with Crippen LogP contribution in [0.2, 0.25) is 0 Å². The Balaban J connectivity index is 2.39. The molecule has 2 nitrogen and oxygen atoms in total. The van der Waals surface area contributed by atoms with Gasteiger partial charge in [0.05, 0.1) is 10.4 Å². The van der Waals surface area contributed by atoms with Crippen molar-refractivity contribution in [1.29, 1.82) is 0 Å². The van der Waals surface area contributed by atoms with Gasteiger partial charge in [-0.15, -0.1) is 11.3 Å². The maximum atomic E-state index is 13.4. The molecule has 1 aromatic carbocycles. The van der Waals surface area contributed by atoms with E-state index in [-0.39, 0.29) is 4.88 Å². The number of thiophene rings is 1. The number of carboxylic acid groups (broad SMARTS) is 1. The topological polar surface area (TPSA) is 37.3 Å². The molecule has 0 saturated carbocycles. The molecule has 0 aliphatic carbocycles. The number of hydrogen-bond donors (Lipinski definition) is 1. The molecule has 2 aromatic rings. The van der Waals surface area contributed by atoms with Crippen molar-refractivity contribution in [2.75, 3.05) is 0 Å². The van der Waals surface area contributed by atoms with Crippen molar-refractivity contribution in [2.24, 2.45) is 0 Å². The van der Waals surface area contributed by atoms with Crippen molar-refractivity contribution >= 4 is 17.3 Å². The Morgan fingerprint density at radius 2 is 1.94 bits per heavy atom. The average molecular weight is 272 g/mol. The third-order valence-electron chi connectivity index (χ3n) is 2.37. The number of hydrogen-bond acceptors (Lipinski definition) is 2. The molecule has 0 atom stereocenters. The first-order valence-corrected chi connectivity index (χ1v) is 5.77. The number of halogens is 3. The van der Waals surface area contributed by atoms with Gasteiger partial charge in [-0.3, -0.25) is 0 Å². The first-order chi connectivity index (χ1) is 8.49. The van der Waals surface area contributed by atoms with Gasteiger partial charge in [-0.05, 0) is 34.7 Å². The second-order valence-corrected chi connectivity index (χ2v) is 4.48. The van der Waals surface area contributed by atoms with E-state index in [0.29, 0.717) is 11.1 Å². The van der Waals surface area contributed by atoms with Gasteiger partial charge in [0.25, 0.3) is 6.43 Å². The number of rotatable bonds is 3.